The number of nitrogens with one attached hydrogen (secondary N) is 1. The van der Waals surface area contributed by atoms with Crippen molar-refractivity contribution in [2.45, 2.75) is 45.7 Å². The lowest BCUT2D eigenvalue weighted by Gasteiger charge is -2.15. The molecule has 0 saturated heterocycles. The summed E-state index contributed by atoms with van der Waals surface area (Å²) in [6.45, 7) is 8.12. The predicted octanol–water partition coefficient (Wildman–Crippen LogP) is 2.65. The highest BCUT2D eigenvalue weighted by atomic mass is 16.5. The average Bonchev–Trinajstić information content (AvgIpc) is 3.14. The number of fused-ring (bicyclic) bond motifs is 1. The second-order valence-electron chi connectivity index (χ2n) is 5.74. The van der Waals surface area contributed by atoms with Gasteiger partial charge in [0, 0.05) is 12.1 Å². The second kappa shape index (κ2) is 5.84. The standard InChI is InChI=1S/C15H20N6O/c1-9(2)13-17-15(22-20-13)11(4)16-10(3)14-19-18-12-7-5-6-8-21(12)14/h5-11,16H,1-4H3/t10-,11-/m1/s1. The number of pyridine rings is 1. The molecule has 0 radical (unpaired) electrons. The van der Waals surface area contributed by atoms with Crippen molar-refractivity contribution in [3.63, 3.8) is 0 Å². The first-order chi connectivity index (χ1) is 10.6. The molecule has 0 aliphatic carbocycles. The Labute approximate surface area is 128 Å². The van der Waals surface area contributed by atoms with Crippen LogP contribution in [0.2, 0.25) is 0 Å². The van der Waals surface area contributed by atoms with Gasteiger partial charge >= 0.3 is 0 Å². The molecule has 3 heterocycles. The molecule has 1 N–H and O–H groups in total. The van der Waals surface area contributed by atoms with Crippen LogP contribution in [0.15, 0.2) is 28.9 Å². The molecule has 22 heavy (non-hydrogen) atoms. The number of nitrogens with zero attached hydrogens (tertiary/aromatic N) is 5. The maximum Gasteiger partial charge on any atom is 0.243 e. The first kappa shape index (κ1) is 14.6. The Bertz CT molecular complexity index is 762. The van der Waals surface area contributed by atoms with Crippen LogP contribution >= 0.6 is 0 Å². The molecule has 0 fully saturated rings. The molecule has 0 spiro atoms. The first-order valence-electron chi connectivity index (χ1n) is 7.45. The summed E-state index contributed by atoms with van der Waals surface area (Å²) in [4.78, 5) is 4.42. The first-order valence-corrected chi connectivity index (χ1v) is 7.45. The summed E-state index contributed by atoms with van der Waals surface area (Å²) in [5.74, 6) is 2.42. The van der Waals surface area contributed by atoms with Crippen molar-refractivity contribution >= 4 is 5.65 Å². The van der Waals surface area contributed by atoms with Crippen LogP contribution in [0.4, 0.5) is 0 Å². The van der Waals surface area contributed by atoms with Crippen LogP contribution in [0.3, 0.4) is 0 Å². The van der Waals surface area contributed by atoms with Crippen molar-refractivity contribution in [2.75, 3.05) is 0 Å². The lowest BCUT2D eigenvalue weighted by atomic mass is 10.2. The third-order valence-electron chi connectivity index (χ3n) is 3.57. The van der Waals surface area contributed by atoms with Crippen LogP contribution in [-0.4, -0.2) is 24.7 Å². The lowest BCUT2D eigenvalue weighted by Crippen LogP contribution is -2.24. The summed E-state index contributed by atoms with van der Waals surface area (Å²) in [6, 6.07) is 5.77. The largest absolute Gasteiger partial charge is 0.338 e. The zero-order valence-corrected chi connectivity index (χ0v) is 13.2. The number of aromatic nitrogens is 5. The quantitative estimate of drug-likeness (QED) is 0.780. The van der Waals surface area contributed by atoms with Crippen molar-refractivity contribution in [3.8, 4) is 0 Å². The zero-order chi connectivity index (χ0) is 15.7. The Morgan fingerprint density at radius 2 is 1.91 bits per heavy atom. The van der Waals surface area contributed by atoms with Gasteiger partial charge in [-0.25, -0.2) is 0 Å². The van der Waals surface area contributed by atoms with Crippen LogP contribution in [0.1, 0.15) is 63.2 Å². The molecule has 0 aliphatic heterocycles. The molecule has 3 rings (SSSR count). The van der Waals surface area contributed by atoms with Gasteiger partial charge in [-0.05, 0) is 26.0 Å². The SMILES string of the molecule is CC(C)c1noc([C@@H](C)N[C@H](C)c2nnc3ccccn23)n1. The van der Waals surface area contributed by atoms with E-state index in [9.17, 15) is 0 Å². The van der Waals surface area contributed by atoms with E-state index in [1.165, 1.54) is 0 Å². The molecule has 3 aromatic rings. The Morgan fingerprint density at radius 3 is 2.64 bits per heavy atom. The van der Waals surface area contributed by atoms with Crippen molar-refractivity contribution < 1.29 is 4.52 Å². The molecule has 0 unspecified atom stereocenters. The van der Waals surface area contributed by atoms with Crippen molar-refractivity contribution in [1.82, 2.24) is 30.1 Å². The van der Waals surface area contributed by atoms with E-state index < -0.39 is 0 Å². The molecular formula is C15H20N6O. The molecule has 7 heteroatoms. The van der Waals surface area contributed by atoms with Crippen LogP contribution < -0.4 is 5.32 Å². The Kier molecular flexibility index (Phi) is 3.89. The predicted molar refractivity (Wildman–Crippen MR) is 81.3 cm³/mol. The zero-order valence-electron chi connectivity index (χ0n) is 13.2. The van der Waals surface area contributed by atoms with Gasteiger partial charge in [0.05, 0.1) is 12.1 Å². The normalized spacial score (nSPS) is 14.6. The van der Waals surface area contributed by atoms with Gasteiger partial charge in [0.1, 0.15) is 0 Å². The molecule has 0 saturated carbocycles. The maximum absolute atomic E-state index is 5.33. The Balaban J connectivity index is 1.76. The summed E-state index contributed by atoms with van der Waals surface area (Å²) in [5.41, 5.74) is 0.832. The van der Waals surface area contributed by atoms with Gasteiger partial charge in [0.15, 0.2) is 17.3 Å². The van der Waals surface area contributed by atoms with Crippen molar-refractivity contribution in [2.24, 2.45) is 0 Å². The molecule has 0 aromatic carbocycles. The summed E-state index contributed by atoms with van der Waals surface area (Å²) in [7, 11) is 0. The minimum absolute atomic E-state index is 0.00167. The third-order valence-corrected chi connectivity index (χ3v) is 3.57. The van der Waals surface area contributed by atoms with Gasteiger partial charge < -0.3 is 4.52 Å². The molecule has 3 aromatic heterocycles. The van der Waals surface area contributed by atoms with E-state index in [4.69, 9.17) is 4.52 Å². The van der Waals surface area contributed by atoms with Crippen LogP contribution in [0.25, 0.3) is 5.65 Å². The Hall–Kier alpha value is -2.28. The minimum atomic E-state index is -0.0638. The highest BCUT2D eigenvalue weighted by Crippen LogP contribution is 2.19. The van der Waals surface area contributed by atoms with Crippen LogP contribution in [0.5, 0.6) is 0 Å². The average molecular weight is 300 g/mol. The second-order valence-corrected chi connectivity index (χ2v) is 5.74. The van der Waals surface area contributed by atoms with Gasteiger partial charge in [-0.1, -0.05) is 25.1 Å². The number of hydrogen-bond donors (Lipinski definition) is 1. The van der Waals surface area contributed by atoms with Crippen LogP contribution in [-0.2, 0) is 0 Å². The summed E-state index contributed by atoms with van der Waals surface area (Å²) in [5, 5.41) is 15.8. The molecule has 116 valence electrons. The van der Waals surface area contributed by atoms with E-state index >= 15 is 0 Å². The van der Waals surface area contributed by atoms with Gasteiger partial charge in [0.25, 0.3) is 0 Å². The van der Waals surface area contributed by atoms with Gasteiger partial charge in [-0.15, -0.1) is 10.2 Å². The Morgan fingerprint density at radius 1 is 1.09 bits per heavy atom. The van der Waals surface area contributed by atoms with Gasteiger partial charge in [-0.3, -0.25) is 9.72 Å². The van der Waals surface area contributed by atoms with Gasteiger partial charge in [-0.2, -0.15) is 4.98 Å². The minimum Gasteiger partial charge on any atom is -0.338 e. The summed E-state index contributed by atoms with van der Waals surface area (Å²) < 4.78 is 7.30. The molecule has 0 amide bonds. The smallest absolute Gasteiger partial charge is 0.243 e. The van der Waals surface area contributed by atoms with Crippen molar-refractivity contribution in [3.05, 3.63) is 41.9 Å². The van der Waals surface area contributed by atoms with E-state index in [2.05, 4.69) is 25.7 Å². The van der Waals surface area contributed by atoms with Crippen LogP contribution in [0, 0.1) is 0 Å². The van der Waals surface area contributed by atoms with E-state index in [-0.39, 0.29) is 18.0 Å². The molecule has 0 bridgehead atoms. The fourth-order valence-corrected chi connectivity index (χ4v) is 2.33. The highest BCUT2D eigenvalue weighted by molar-refractivity contribution is 5.37. The third kappa shape index (κ3) is 2.71. The summed E-state index contributed by atoms with van der Waals surface area (Å²) >= 11 is 0. The molecular weight excluding hydrogens is 280 g/mol. The fraction of sp³-hybridized carbons (Fsp3) is 0.467. The topological polar surface area (TPSA) is 81.1 Å². The van der Waals surface area contributed by atoms with E-state index in [0.29, 0.717) is 5.89 Å². The van der Waals surface area contributed by atoms with E-state index in [1.807, 2.05) is 56.5 Å². The summed E-state index contributed by atoms with van der Waals surface area (Å²) in [6.07, 6.45) is 1.96. The molecule has 2 atom stereocenters. The van der Waals surface area contributed by atoms with Gasteiger partial charge in [0.2, 0.25) is 5.89 Å². The van der Waals surface area contributed by atoms with Crippen molar-refractivity contribution in [1.29, 1.82) is 0 Å². The molecule has 0 aliphatic rings. The van der Waals surface area contributed by atoms with E-state index in [1.54, 1.807) is 0 Å². The molecule has 7 nitrogen and oxygen atoms in total. The van der Waals surface area contributed by atoms with E-state index in [0.717, 1.165) is 17.3 Å². The maximum atomic E-state index is 5.33. The monoisotopic (exact) mass is 300 g/mol. The fourth-order valence-electron chi connectivity index (χ4n) is 2.33. The highest BCUT2D eigenvalue weighted by Gasteiger charge is 2.20. The number of rotatable bonds is 5. The lowest BCUT2D eigenvalue weighted by molar-refractivity contribution is 0.322. The number of hydrogen-bond acceptors (Lipinski definition) is 6.